The molecular weight excluding hydrogens is 488 g/mol. The van der Waals surface area contributed by atoms with Crippen LogP contribution >= 0.6 is 11.3 Å². The number of hydrogen-bond donors (Lipinski definition) is 0. The highest BCUT2D eigenvalue weighted by Crippen LogP contribution is 2.35. The number of amides is 1. The lowest BCUT2D eigenvalue weighted by Crippen LogP contribution is -2.52. The van der Waals surface area contributed by atoms with Crippen LogP contribution in [0.4, 0.5) is 32.0 Å². The zero-order valence-corrected chi connectivity index (χ0v) is 18.6. The average molecular weight is 507 g/mol. The highest BCUT2D eigenvalue weighted by molar-refractivity contribution is 7.10. The van der Waals surface area contributed by atoms with Crippen molar-refractivity contribution in [2.45, 2.75) is 31.4 Å². The number of ether oxygens (including phenoxy) is 2. The largest absolute Gasteiger partial charge is 0.573 e. The van der Waals surface area contributed by atoms with Crippen LogP contribution in [-0.2, 0) is 0 Å². The van der Waals surface area contributed by atoms with E-state index in [9.17, 15) is 31.1 Å². The molecule has 0 aliphatic carbocycles. The maximum Gasteiger partial charge on any atom is 0.573 e. The summed E-state index contributed by atoms with van der Waals surface area (Å²) >= 11 is 1.01. The van der Waals surface area contributed by atoms with E-state index in [-0.39, 0.29) is 35.2 Å². The summed E-state index contributed by atoms with van der Waals surface area (Å²) < 4.78 is 86.5. The number of thiazole rings is 1. The third-order valence-electron chi connectivity index (χ3n) is 4.93. The molecule has 13 heteroatoms. The summed E-state index contributed by atoms with van der Waals surface area (Å²) in [6.07, 6.45) is -3.49. The van der Waals surface area contributed by atoms with Gasteiger partial charge in [-0.2, -0.15) is 13.2 Å². The van der Waals surface area contributed by atoms with E-state index in [0.29, 0.717) is 12.8 Å². The van der Waals surface area contributed by atoms with E-state index in [4.69, 9.17) is 11.2 Å². The Hall–Kier alpha value is -2.98. The number of halogens is 6. The van der Waals surface area contributed by atoms with Crippen LogP contribution in [0.3, 0.4) is 0 Å². The van der Waals surface area contributed by atoms with Crippen LogP contribution in [0, 0.1) is 12.3 Å². The van der Waals surface area contributed by atoms with Gasteiger partial charge in [0.1, 0.15) is 17.2 Å². The van der Waals surface area contributed by atoms with Gasteiger partial charge in [0.05, 0.1) is 25.4 Å². The fraction of sp³-hybridized carbons (Fsp3) is 0.429. The highest BCUT2D eigenvalue weighted by Gasteiger charge is 2.37. The Balaban J connectivity index is 2.04. The second-order valence-electron chi connectivity index (χ2n) is 7.42. The first-order valence-electron chi connectivity index (χ1n) is 9.88. The number of benzene rings is 1. The molecule has 0 radical (unpaired) electrons. The quantitative estimate of drug-likeness (QED) is 0.419. The molecule has 1 amide bonds. The third-order valence-corrected chi connectivity index (χ3v) is 5.70. The smallest absolute Gasteiger partial charge is 0.497 e. The summed E-state index contributed by atoms with van der Waals surface area (Å²) in [5.74, 6) is 0.876. The van der Waals surface area contributed by atoms with Crippen molar-refractivity contribution in [3.63, 3.8) is 0 Å². The van der Waals surface area contributed by atoms with Crippen LogP contribution in [0.1, 0.15) is 28.3 Å². The van der Waals surface area contributed by atoms with E-state index < -0.39 is 36.8 Å². The van der Waals surface area contributed by atoms with Crippen molar-refractivity contribution in [1.29, 1.82) is 0 Å². The van der Waals surface area contributed by atoms with Crippen molar-refractivity contribution in [3.05, 3.63) is 34.3 Å². The van der Waals surface area contributed by atoms with Crippen LogP contribution < -0.4 is 14.4 Å². The Morgan fingerprint density at radius 1 is 1.26 bits per heavy atom. The van der Waals surface area contributed by atoms with Crippen molar-refractivity contribution in [2.24, 2.45) is 0 Å². The molecule has 0 saturated carbocycles. The summed E-state index contributed by atoms with van der Waals surface area (Å²) in [7, 11) is 1.22. The van der Waals surface area contributed by atoms with Crippen molar-refractivity contribution in [3.8, 4) is 23.8 Å². The van der Waals surface area contributed by atoms with Crippen LogP contribution in [0.25, 0.3) is 0 Å². The van der Waals surface area contributed by atoms with Gasteiger partial charge in [-0.3, -0.25) is 9.69 Å². The fourth-order valence-electron chi connectivity index (χ4n) is 3.70. The number of carbonyl (C=O) groups excluding carboxylic acids is 1. The van der Waals surface area contributed by atoms with Gasteiger partial charge in [-0.05, 0) is 25.3 Å². The number of likely N-dealkylation sites (tertiary alicyclic amines) is 1. The molecule has 0 spiro atoms. The van der Waals surface area contributed by atoms with Crippen LogP contribution in [0.15, 0.2) is 23.6 Å². The molecule has 2 aromatic rings. The molecule has 1 fully saturated rings. The minimum Gasteiger partial charge on any atom is -0.497 e. The van der Waals surface area contributed by atoms with Gasteiger partial charge in [-0.25, -0.2) is 4.98 Å². The van der Waals surface area contributed by atoms with Gasteiger partial charge in [-0.15, -0.1) is 30.9 Å². The predicted octanol–water partition coefficient (Wildman–Crippen LogP) is 4.71. The summed E-state index contributed by atoms with van der Waals surface area (Å²) in [6, 6.07) is 2.48. The number of aromatic nitrogens is 1. The molecule has 0 unspecified atom stereocenters. The van der Waals surface area contributed by atoms with E-state index in [1.54, 1.807) is 0 Å². The first kappa shape index (κ1) is 25.6. The predicted molar refractivity (Wildman–Crippen MR) is 112 cm³/mol. The molecule has 184 valence electrons. The number of anilines is 1. The van der Waals surface area contributed by atoms with Gasteiger partial charge in [0, 0.05) is 30.1 Å². The molecule has 1 aromatic carbocycles. The number of carbonyl (C=O) groups is 1. The summed E-state index contributed by atoms with van der Waals surface area (Å²) in [5.41, 5.74) is -0.121. The summed E-state index contributed by atoms with van der Waals surface area (Å²) in [4.78, 5) is 19.7. The van der Waals surface area contributed by atoms with E-state index in [1.165, 1.54) is 18.6 Å². The first-order chi connectivity index (χ1) is 15.9. The number of piperidine rings is 1. The maximum atomic E-state index is 13.4. The van der Waals surface area contributed by atoms with E-state index in [1.807, 2.05) is 0 Å². The molecule has 0 bridgehead atoms. The summed E-state index contributed by atoms with van der Waals surface area (Å²) in [5, 5.41) is 1.59. The Morgan fingerprint density at radius 2 is 1.97 bits per heavy atom. The lowest BCUT2D eigenvalue weighted by molar-refractivity contribution is -0.274. The monoisotopic (exact) mass is 507 g/mol. The summed E-state index contributed by atoms with van der Waals surface area (Å²) in [6.45, 7) is -1.16. The average Bonchev–Trinajstić information content (AvgIpc) is 3.21. The van der Waals surface area contributed by atoms with Crippen LogP contribution in [0.5, 0.6) is 11.5 Å². The van der Waals surface area contributed by atoms with E-state index >= 15 is 0 Å². The molecule has 6 nitrogen and oxygen atoms in total. The number of methoxy groups -OCH3 is 1. The number of alkyl halides is 6. The fourth-order valence-corrected chi connectivity index (χ4v) is 4.30. The Kier molecular flexibility index (Phi) is 7.62. The molecule has 1 aromatic heterocycles. The van der Waals surface area contributed by atoms with Gasteiger partial charge in [-0.1, -0.05) is 0 Å². The Morgan fingerprint density at radius 3 is 2.56 bits per heavy atom. The zero-order valence-electron chi connectivity index (χ0n) is 17.7. The molecule has 3 rings (SSSR count). The van der Waals surface area contributed by atoms with Crippen molar-refractivity contribution in [1.82, 2.24) is 9.88 Å². The van der Waals surface area contributed by atoms with Gasteiger partial charge in [0.2, 0.25) is 0 Å². The Labute approximate surface area is 195 Å². The molecule has 1 saturated heterocycles. The number of terminal acetylenes is 1. The van der Waals surface area contributed by atoms with Crippen molar-refractivity contribution < 1.29 is 40.6 Å². The van der Waals surface area contributed by atoms with Gasteiger partial charge in [0.25, 0.3) is 5.91 Å². The highest BCUT2D eigenvalue weighted by atomic mass is 32.1. The zero-order chi connectivity index (χ0) is 25.1. The second-order valence-corrected chi connectivity index (χ2v) is 8.28. The van der Waals surface area contributed by atoms with Crippen molar-refractivity contribution >= 4 is 22.9 Å². The molecule has 2 heterocycles. The SMILES string of the molecule is C#Cc1nc(C(=O)N(c2cc(OC)cc(OC(F)(F)F)c2)[C@@H]2CCCN(CC(F)(F)F)C2)cs1. The number of rotatable bonds is 6. The van der Waals surface area contributed by atoms with Gasteiger partial charge in [0.15, 0.2) is 5.01 Å². The van der Waals surface area contributed by atoms with Crippen molar-refractivity contribution in [2.75, 3.05) is 31.6 Å². The third kappa shape index (κ3) is 6.77. The Bertz CT molecular complexity index is 1060. The topological polar surface area (TPSA) is 54.9 Å². The van der Waals surface area contributed by atoms with Gasteiger partial charge < -0.3 is 14.4 Å². The van der Waals surface area contributed by atoms with Gasteiger partial charge >= 0.3 is 12.5 Å². The standard InChI is InChI=1S/C21H19F6N3O3S/c1-3-18-28-17(11-34-18)19(31)30(13-5-4-6-29(10-13)12-20(22,23)24)14-7-15(32-2)9-16(8-14)33-21(25,26)27/h1,7-9,11,13H,4-6,10,12H2,2H3/t13-/m1/s1. The van der Waals surface area contributed by atoms with E-state index in [2.05, 4.69) is 15.6 Å². The molecule has 0 N–H and O–H groups in total. The molecule has 1 aliphatic heterocycles. The molecular formula is C21H19F6N3O3S. The second kappa shape index (κ2) is 10.1. The first-order valence-corrected chi connectivity index (χ1v) is 10.8. The number of nitrogens with zero attached hydrogens (tertiary/aromatic N) is 3. The minimum atomic E-state index is -5.01. The maximum absolute atomic E-state index is 13.4. The molecule has 1 atom stereocenters. The van der Waals surface area contributed by atoms with Crippen LogP contribution in [-0.4, -0.2) is 61.1 Å². The van der Waals surface area contributed by atoms with Crippen LogP contribution in [0.2, 0.25) is 0 Å². The number of hydrogen-bond acceptors (Lipinski definition) is 6. The molecule has 1 aliphatic rings. The minimum absolute atomic E-state index is 0.0416. The lowest BCUT2D eigenvalue weighted by Gasteiger charge is -2.39. The normalized spacial score (nSPS) is 17.2. The van der Waals surface area contributed by atoms with E-state index in [0.717, 1.165) is 33.3 Å². The molecule has 34 heavy (non-hydrogen) atoms. The lowest BCUT2D eigenvalue weighted by atomic mass is 10.0.